The van der Waals surface area contributed by atoms with E-state index in [2.05, 4.69) is 10.6 Å². The van der Waals surface area contributed by atoms with Crippen molar-refractivity contribution in [1.29, 1.82) is 0 Å². The van der Waals surface area contributed by atoms with Crippen LogP contribution in [0.2, 0.25) is 0 Å². The van der Waals surface area contributed by atoms with Gasteiger partial charge in [0.1, 0.15) is 17.7 Å². The van der Waals surface area contributed by atoms with Gasteiger partial charge in [0.05, 0.1) is 31.5 Å². The Morgan fingerprint density at radius 3 is 2.45 bits per heavy atom. The lowest BCUT2D eigenvalue weighted by molar-refractivity contribution is -0.136. The second-order valence-corrected chi connectivity index (χ2v) is 9.71. The fraction of sp³-hybridized carbons (Fsp3) is 0.310. The maximum absolute atomic E-state index is 15.0. The van der Waals surface area contributed by atoms with E-state index in [1.54, 1.807) is 37.3 Å². The maximum atomic E-state index is 15.0. The van der Waals surface area contributed by atoms with E-state index in [1.165, 1.54) is 6.07 Å². The second kappa shape index (κ2) is 13.0. The van der Waals surface area contributed by atoms with Gasteiger partial charge >= 0.3 is 0 Å². The molecule has 4 rings (SSSR count). The summed E-state index contributed by atoms with van der Waals surface area (Å²) < 4.78 is 40.8. The van der Waals surface area contributed by atoms with E-state index in [4.69, 9.17) is 21.7 Å². The molecule has 1 aliphatic heterocycles. The highest BCUT2D eigenvalue weighted by molar-refractivity contribution is 7.80. The van der Waals surface area contributed by atoms with Crippen LogP contribution in [-0.2, 0) is 16.1 Å². The SMILES string of the molecule is C[C@H](O)[C@@H]1C[C@H](COCc2ccccc2)O[C@@H](c2ccc(F)cc2F)C1NC(=S)NC(=O)c1ccccc1. The monoisotopic (exact) mass is 540 g/mol. The Hall–Kier alpha value is -3.24. The number of hydrogen-bond donors (Lipinski definition) is 3. The minimum atomic E-state index is -0.944. The van der Waals surface area contributed by atoms with Crippen molar-refractivity contribution in [2.75, 3.05) is 6.61 Å². The molecule has 5 atom stereocenters. The number of ether oxygens (including phenoxy) is 2. The van der Waals surface area contributed by atoms with Crippen molar-refractivity contribution in [1.82, 2.24) is 10.6 Å². The molecule has 0 saturated carbocycles. The van der Waals surface area contributed by atoms with Gasteiger partial charge in [-0.05, 0) is 49.3 Å². The normalized spacial score (nSPS) is 21.9. The molecular weight excluding hydrogens is 510 g/mol. The standard InChI is InChI=1S/C29H30F2N2O4S/c1-18(34)24-15-22(17-36-16-19-8-4-2-5-9-19)37-27(23-13-12-21(30)14-25(23)31)26(24)32-29(38)33-28(35)20-10-6-3-7-11-20/h2-14,18,22,24,26-27,34H,15-17H2,1H3,(H2,32,33,35,38)/t18-,22+,24-,26?,27-/m0/s1. The molecule has 200 valence electrons. The van der Waals surface area contributed by atoms with Crippen LogP contribution in [0.3, 0.4) is 0 Å². The zero-order chi connectivity index (χ0) is 27.1. The first-order valence-corrected chi connectivity index (χ1v) is 12.8. The number of aliphatic hydroxyl groups is 1. The summed E-state index contributed by atoms with van der Waals surface area (Å²) in [5.41, 5.74) is 1.52. The van der Waals surface area contributed by atoms with Crippen LogP contribution < -0.4 is 10.6 Å². The van der Waals surface area contributed by atoms with E-state index in [0.29, 0.717) is 18.6 Å². The molecule has 3 aromatic rings. The Kier molecular flexibility index (Phi) is 9.52. The summed E-state index contributed by atoms with van der Waals surface area (Å²) in [6, 6.07) is 20.8. The van der Waals surface area contributed by atoms with Crippen LogP contribution in [0.25, 0.3) is 0 Å². The van der Waals surface area contributed by atoms with Gasteiger partial charge in [-0.1, -0.05) is 54.6 Å². The van der Waals surface area contributed by atoms with E-state index < -0.39 is 47.8 Å². The van der Waals surface area contributed by atoms with Crippen molar-refractivity contribution >= 4 is 23.2 Å². The smallest absolute Gasteiger partial charge is 0.257 e. The highest BCUT2D eigenvalue weighted by Crippen LogP contribution is 2.38. The van der Waals surface area contributed by atoms with Crippen LogP contribution >= 0.6 is 12.2 Å². The molecule has 6 nitrogen and oxygen atoms in total. The quantitative estimate of drug-likeness (QED) is 0.360. The molecule has 0 aliphatic carbocycles. The van der Waals surface area contributed by atoms with Gasteiger partial charge in [-0.3, -0.25) is 10.1 Å². The molecule has 3 N–H and O–H groups in total. The topological polar surface area (TPSA) is 79.8 Å². The van der Waals surface area contributed by atoms with Crippen LogP contribution in [0.5, 0.6) is 0 Å². The van der Waals surface area contributed by atoms with Gasteiger partial charge in [0.15, 0.2) is 5.11 Å². The van der Waals surface area contributed by atoms with Gasteiger partial charge < -0.3 is 19.9 Å². The number of thiocarbonyl (C=S) groups is 1. The van der Waals surface area contributed by atoms with Crippen LogP contribution in [-0.4, -0.2) is 41.0 Å². The minimum absolute atomic E-state index is 0.00407. The molecule has 1 aliphatic rings. The van der Waals surface area contributed by atoms with Gasteiger partial charge in [0.25, 0.3) is 5.91 Å². The zero-order valence-electron chi connectivity index (χ0n) is 20.8. The van der Waals surface area contributed by atoms with Gasteiger partial charge in [0.2, 0.25) is 0 Å². The van der Waals surface area contributed by atoms with Gasteiger partial charge in [-0.25, -0.2) is 8.78 Å². The summed E-state index contributed by atoms with van der Waals surface area (Å²) >= 11 is 5.40. The molecule has 1 amide bonds. The third-order valence-electron chi connectivity index (χ3n) is 6.53. The summed E-state index contributed by atoms with van der Waals surface area (Å²) in [5.74, 6) is -2.36. The molecule has 0 radical (unpaired) electrons. The largest absolute Gasteiger partial charge is 0.393 e. The number of amides is 1. The molecule has 0 bridgehead atoms. The maximum Gasteiger partial charge on any atom is 0.257 e. The Morgan fingerprint density at radius 1 is 1.11 bits per heavy atom. The molecule has 38 heavy (non-hydrogen) atoms. The summed E-state index contributed by atoms with van der Waals surface area (Å²) in [6.45, 7) is 2.21. The molecule has 0 spiro atoms. The minimum Gasteiger partial charge on any atom is -0.393 e. The summed E-state index contributed by atoms with van der Waals surface area (Å²) in [6.07, 6.45) is -1.86. The Morgan fingerprint density at radius 2 is 1.79 bits per heavy atom. The summed E-state index contributed by atoms with van der Waals surface area (Å²) in [4.78, 5) is 12.6. The van der Waals surface area contributed by atoms with E-state index in [0.717, 1.165) is 17.7 Å². The molecule has 1 fully saturated rings. The average molecular weight is 541 g/mol. The molecule has 1 heterocycles. The molecule has 3 aromatic carbocycles. The number of carbonyl (C=O) groups excluding carboxylic acids is 1. The highest BCUT2D eigenvalue weighted by atomic mass is 32.1. The first kappa shape index (κ1) is 27.8. The van der Waals surface area contributed by atoms with Crippen LogP contribution in [0.15, 0.2) is 78.9 Å². The van der Waals surface area contributed by atoms with Gasteiger partial charge in [-0.2, -0.15) is 0 Å². The predicted molar refractivity (Wildman–Crippen MR) is 143 cm³/mol. The molecular formula is C29H30F2N2O4S. The lowest BCUT2D eigenvalue weighted by Gasteiger charge is -2.44. The van der Waals surface area contributed by atoms with E-state index in [9.17, 15) is 18.7 Å². The van der Waals surface area contributed by atoms with Crippen molar-refractivity contribution in [2.45, 2.75) is 44.3 Å². The fourth-order valence-corrected chi connectivity index (χ4v) is 4.87. The second-order valence-electron chi connectivity index (χ2n) is 9.30. The lowest BCUT2D eigenvalue weighted by atomic mass is 9.81. The number of carbonyl (C=O) groups is 1. The lowest BCUT2D eigenvalue weighted by Crippen LogP contribution is -2.56. The third-order valence-corrected chi connectivity index (χ3v) is 6.75. The van der Waals surface area contributed by atoms with E-state index in [1.807, 2.05) is 30.3 Å². The van der Waals surface area contributed by atoms with Crippen molar-refractivity contribution < 1.29 is 28.2 Å². The van der Waals surface area contributed by atoms with Crippen LogP contribution in [0, 0.1) is 17.6 Å². The fourth-order valence-electron chi connectivity index (χ4n) is 4.64. The highest BCUT2D eigenvalue weighted by Gasteiger charge is 2.43. The number of halogens is 2. The average Bonchev–Trinajstić information content (AvgIpc) is 2.90. The van der Waals surface area contributed by atoms with Gasteiger partial charge in [-0.15, -0.1) is 0 Å². The molecule has 9 heteroatoms. The predicted octanol–water partition coefficient (Wildman–Crippen LogP) is 4.68. The zero-order valence-corrected chi connectivity index (χ0v) is 21.7. The van der Waals surface area contributed by atoms with E-state index in [-0.39, 0.29) is 17.3 Å². The number of benzene rings is 3. The van der Waals surface area contributed by atoms with Crippen molar-refractivity contribution in [3.63, 3.8) is 0 Å². The number of hydrogen-bond acceptors (Lipinski definition) is 5. The van der Waals surface area contributed by atoms with Gasteiger partial charge in [0, 0.05) is 23.1 Å². The number of rotatable bonds is 8. The van der Waals surface area contributed by atoms with E-state index >= 15 is 0 Å². The molecule has 0 aromatic heterocycles. The Balaban J connectivity index is 1.53. The van der Waals surface area contributed by atoms with Crippen molar-refractivity contribution in [3.8, 4) is 0 Å². The van der Waals surface area contributed by atoms with Crippen LogP contribution in [0.4, 0.5) is 8.78 Å². The first-order chi connectivity index (χ1) is 18.3. The summed E-state index contributed by atoms with van der Waals surface area (Å²) in [5, 5.41) is 16.4. The Bertz CT molecular complexity index is 1230. The number of aliphatic hydroxyl groups excluding tert-OH is 1. The Labute approximate surface area is 226 Å². The first-order valence-electron chi connectivity index (χ1n) is 12.4. The van der Waals surface area contributed by atoms with Crippen LogP contribution in [0.1, 0.15) is 40.9 Å². The number of nitrogens with one attached hydrogen (secondary N) is 2. The molecule has 1 saturated heterocycles. The third kappa shape index (κ3) is 7.20. The summed E-state index contributed by atoms with van der Waals surface area (Å²) in [7, 11) is 0. The van der Waals surface area contributed by atoms with Crippen molar-refractivity contribution in [2.24, 2.45) is 5.92 Å². The van der Waals surface area contributed by atoms with Crippen molar-refractivity contribution in [3.05, 3.63) is 107 Å². The molecule has 1 unspecified atom stereocenters.